The normalized spacial score (nSPS) is 15.5. The lowest BCUT2D eigenvalue weighted by Gasteiger charge is -2.29. The molecule has 4 heteroatoms. The molecule has 21 heavy (non-hydrogen) atoms. The molecule has 0 aromatic carbocycles. The van der Waals surface area contributed by atoms with Gasteiger partial charge in [-0.15, -0.1) is 0 Å². The number of carbonyl (C=O) groups excluding carboxylic acids is 2. The minimum absolute atomic E-state index is 0.00579. The average Bonchev–Trinajstić information content (AvgIpc) is 2.21. The largest absolute Gasteiger partial charge is 0.458 e. The minimum atomic E-state index is -0.594. The molecule has 1 amide bonds. The first-order valence-electron chi connectivity index (χ1n) is 7.76. The lowest BCUT2D eigenvalue weighted by Crippen LogP contribution is -2.47. The molecule has 4 nitrogen and oxygen atoms in total. The van der Waals surface area contributed by atoms with Gasteiger partial charge in [0, 0.05) is 6.42 Å². The fourth-order valence-electron chi connectivity index (χ4n) is 1.68. The zero-order valence-electron chi connectivity index (χ0n) is 15.2. The molecule has 0 aliphatic carbocycles. The Morgan fingerprint density at radius 1 is 1.00 bits per heavy atom. The number of rotatable bonds is 5. The van der Waals surface area contributed by atoms with Gasteiger partial charge >= 0.3 is 5.97 Å². The number of hydrogen-bond acceptors (Lipinski definition) is 3. The van der Waals surface area contributed by atoms with Gasteiger partial charge in [0.05, 0.1) is 0 Å². The number of ether oxygens (including phenoxy) is 1. The summed E-state index contributed by atoms with van der Waals surface area (Å²) in [5.41, 5.74) is -0.482. The first-order chi connectivity index (χ1) is 9.24. The van der Waals surface area contributed by atoms with Crippen LogP contribution >= 0.6 is 0 Å². The molecular formula is C17H33NO3. The van der Waals surface area contributed by atoms with E-state index >= 15 is 0 Å². The zero-order valence-corrected chi connectivity index (χ0v) is 15.2. The van der Waals surface area contributed by atoms with Crippen LogP contribution in [0.1, 0.15) is 68.7 Å². The van der Waals surface area contributed by atoms with Gasteiger partial charge in [0.2, 0.25) is 5.91 Å². The molecule has 1 N–H and O–H groups in total. The van der Waals surface area contributed by atoms with Crippen LogP contribution in [0.4, 0.5) is 0 Å². The summed E-state index contributed by atoms with van der Waals surface area (Å²) in [7, 11) is 0. The Morgan fingerprint density at radius 3 is 1.81 bits per heavy atom. The van der Waals surface area contributed by atoms with Crippen molar-refractivity contribution in [3.8, 4) is 0 Å². The predicted octanol–water partition coefficient (Wildman–Crippen LogP) is 3.54. The maximum absolute atomic E-state index is 12.2. The summed E-state index contributed by atoms with van der Waals surface area (Å²) in [6, 6.07) is -0.594. The summed E-state index contributed by atoms with van der Waals surface area (Å²) in [4.78, 5) is 24.3. The topological polar surface area (TPSA) is 55.4 Å². The highest BCUT2D eigenvalue weighted by atomic mass is 16.6. The smallest absolute Gasteiger partial charge is 0.329 e. The molecular weight excluding hydrogens is 266 g/mol. The van der Waals surface area contributed by atoms with Gasteiger partial charge in [-0.2, -0.15) is 0 Å². The van der Waals surface area contributed by atoms with Gasteiger partial charge in [-0.05, 0) is 38.0 Å². The molecule has 0 aromatic rings. The van der Waals surface area contributed by atoms with E-state index in [1.165, 1.54) is 0 Å². The highest BCUT2D eigenvalue weighted by Crippen LogP contribution is 2.28. The predicted molar refractivity (Wildman–Crippen MR) is 85.8 cm³/mol. The number of carbonyl (C=O) groups is 2. The second kappa shape index (κ2) is 7.28. The Bertz CT molecular complexity index is 361. The third kappa shape index (κ3) is 8.08. The maximum Gasteiger partial charge on any atom is 0.329 e. The number of hydrogen-bond donors (Lipinski definition) is 1. The molecule has 2 atom stereocenters. The quantitative estimate of drug-likeness (QED) is 0.790. The fourth-order valence-corrected chi connectivity index (χ4v) is 1.68. The lowest BCUT2D eigenvalue weighted by atomic mass is 9.80. The van der Waals surface area contributed by atoms with Crippen molar-refractivity contribution in [2.45, 2.75) is 80.4 Å². The van der Waals surface area contributed by atoms with E-state index in [1.54, 1.807) is 0 Å². The summed E-state index contributed by atoms with van der Waals surface area (Å²) in [5.74, 6) is -0.228. The highest BCUT2D eigenvalue weighted by molar-refractivity contribution is 5.85. The van der Waals surface area contributed by atoms with Crippen LogP contribution in [0.2, 0.25) is 0 Å². The second-order valence-electron chi connectivity index (χ2n) is 8.29. The van der Waals surface area contributed by atoms with Crippen molar-refractivity contribution in [3.63, 3.8) is 0 Å². The van der Waals surface area contributed by atoms with Gasteiger partial charge in [0.25, 0.3) is 0 Å². The van der Waals surface area contributed by atoms with Crippen LogP contribution in [0.3, 0.4) is 0 Å². The number of amides is 1. The molecule has 0 fully saturated rings. The number of esters is 1. The summed E-state index contributed by atoms with van der Waals surface area (Å²) >= 11 is 0. The third-order valence-corrected chi connectivity index (χ3v) is 3.61. The van der Waals surface area contributed by atoms with E-state index in [-0.39, 0.29) is 29.1 Å². The summed E-state index contributed by atoms with van der Waals surface area (Å²) in [6.45, 7) is 17.7. The first-order valence-corrected chi connectivity index (χ1v) is 7.76. The lowest BCUT2D eigenvalue weighted by molar-refractivity contribution is -0.160. The van der Waals surface area contributed by atoms with Crippen LogP contribution in [0, 0.1) is 17.3 Å². The Hall–Kier alpha value is -1.06. The molecule has 0 aliphatic heterocycles. The third-order valence-electron chi connectivity index (χ3n) is 3.61. The van der Waals surface area contributed by atoms with Crippen LogP contribution in [0.15, 0.2) is 0 Å². The molecule has 0 aromatic heterocycles. The van der Waals surface area contributed by atoms with Crippen molar-refractivity contribution in [2.75, 3.05) is 0 Å². The molecule has 124 valence electrons. The molecule has 0 aliphatic rings. The van der Waals surface area contributed by atoms with Crippen LogP contribution in [-0.4, -0.2) is 23.5 Å². The molecule has 0 bridgehead atoms. The Balaban J connectivity index is 4.72. The van der Waals surface area contributed by atoms with Crippen LogP contribution < -0.4 is 5.32 Å². The highest BCUT2D eigenvalue weighted by Gasteiger charge is 2.30. The van der Waals surface area contributed by atoms with E-state index in [4.69, 9.17) is 4.74 Å². The maximum atomic E-state index is 12.2. The van der Waals surface area contributed by atoms with Crippen molar-refractivity contribution in [3.05, 3.63) is 0 Å². The van der Waals surface area contributed by atoms with Crippen molar-refractivity contribution in [1.29, 1.82) is 0 Å². The van der Waals surface area contributed by atoms with Gasteiger partial charge in [-0.1, -0.05) is 41.5 Å². The van der Waals surface area contributed by atoms with E-state index in [2.05, 4.69) is 33.0 Å². The van der Waals surface area contributed by atoms with Crippen molar-refractivity contribution < 1.29 is 14.3 Å². The molecule has 0 heterocycles. The fraction of sp³-hybridized carbons (Fsp3) is 0.882. The summed E-state index contributed by atoms with van der Waals surface area (Å²) in [6.07, 6.45) is 0.412. The van der Waals surface area contributed by atoms with Gasteiger partial charge in [0.1, 0.15) is 11.6 Å². The zero-order chi connectivity index (χ0) is 17.0. The van der Waals surface area contributed by atoms with E-state index in [9.17, 15) is 9.59 Å². The second-order valence-corrected chi connectivity index (χ2v) is 8.29. The van der Waals surface area contributed by atoms with E-state index in [0.29, 0.717) is 6.42 Å². The molecule has 0 rings (SSSR count). The van der Waals surface area contributed by atoms with Gasteiger partial charge in [-0.25, -0.2) is 4.79 Å². The van der Waals surface area contributed by atoms with Gasteiger partial charge in [-0.3, -0.25) is 4.79 Å². The van der Waals surface area contributed by atoms with Gasteiger partial charge in [0.15, 0.2) is 0 Å². The van der Waals surface area contributed by atoms with Crippen molar-refractivity contribution in [1.82, 2.24) is 5.32 Å². The molecule has 0 saturated heterocycles. The van der Waals surface area contributed by atoms with Crippen molar-refractivity contribution in [2.24, 2.45) is 17.3 Å². The standard InChI is InChI=1S/C17H33NO3/c1-11(2)14(15(20)21-17(7,8)9)18-13(19)10-12(3)16(4,5)6/h11-12,14H,10H2,1-9H3,(H,18,19)/t12?,14-/m0/s1. The monoisotopic (exact) mass is 299 g/mol. The SMILES string of the molecule is CC(C)[C@H](NC(=O)CC(C)C(C)(C)C)C(=O)OC(C)(C)C. The summed E-state index contributed by atoms with van der Waals surface area (Å²) in [5, 5.41) is 2.83. The van der Waals surface area contributed by atoms with Crippen LogP contribution in [0.5, 0.6) is 0 Å². The first kappa shape index (κ1) is 19.9. The van der Waals surface area contributed by atoms with E-state index in [1.807, 2.05) is 34.6 Å². The Morgan fingerprint density at radius 2 is 1.48 bits per heavy atom. The number of nitrogens with one attached hydrogen (secondary N) is 1. The minimum Gasteiger partial charge on any atom is -0.458 e. The Labute approximate surface area is 130 Å². The van der Waals surface area contributed by atoms with Crippen LogP contribution in [0.25, 0.3) is 0 Å². The summed E-state index contributed by atoms with van der Waals surface area (Å²) < 4.78 is 5.38. The van der Waals surface area contributed by atoms with Gasteiger partial charge < -0.3 is 10.1 Å². The average molecular weight is 299 g/mol. The van der Waals surface area contributed by atoms with Crippen molar-refractivity contribution >= 4 is 11.9 Å². The van der Waals surface area contributed by atoms with Crippen LogP contribution in [-0.2, 0) is 14.3 Å². The van der Waals surface area contributed by atoms with E-state index in [0.717, 1.165) is 0 Å². The Kier molecular flexibility index (Phi) is 6.91. The molecule has 0 radical (unpaired) electrons. The molecule has 0 saturated carbocycles. The molecule has 1 unspecified atom stereocenters. The van der Waals surface area contributed by atoms with E-state index < -0.39 is 11.6 Å². The molecule has 0 spiro atoms.